The number of benzene rings is 1. The topological polar surface area (TPSA) is 88.6 Å². The Kier molecular flexibility index (Phi) is 4.71. The SMILES string of the molecule is CC1(C)NC(=O)N(CCOC(=O)/C=C/c2ccc3ccccc3n2)C1=O. The number of urea groups is 1. The van der Waals surface area contributed by atoms with E-state index in [0.29, 0.717) is 5.69 Å². The lowest BCUT2D eigenvalue weighted by Crippen LogP contribution is -2.40. The van der Waals surface area contributed by atoms with E-state index in [4.69, 9.17) is 4.74 Å². The van der Waals surface area contributed by atoms with Crippen LogP contribution >= 0.6 is 0 Å². The average molecular weight is 353 g/mol. The Labute approximate surface area is 150 Å². The molecule has 1 aliphatic rings. The summed E-state index contributed by atoms with van der Waals surface area (Å²) in [6, 6.07) is 10.9. The highest BCUT2D eigenvalue weighted by Crippen LogP contribution is 2.16. The molecule has 3 rings (SSSR count). The zero-order chi connectivity index (χ0) is 18.7. The monoisotopic (exact) mass is 353 g/mol. The second-order valence-corrected chi connectivity index (χ2v) is 6.44. The highest BCUT2D eigenvalue weighted by molar-refractivity contribution is 6.06. The van der Waals surface area contributed by atoms with Gasteiger partial charge in [-0.25, -0.2) is 14.6 Å². The maximum absolute atomic E-state index is 12.0. The van der Waals surface area contributed by atoms with Crippen molar-refractivity contribution in [1.29, 1.82) is 0 Å². The molecule has 1 aliphatic heterocycles. The van der Waals surface area contributed by atoms with Gasteiger partial charge in [-0.1, -0.05) is 24.3 Å². The van der Waals surface area contributed by atoms with Gasteiger partial charge in [-0.3, -0.25) is 9.69 Å². The molecule has 0 atom stereocenters. The normalized spacial score (nSPS) is 16.3. The molecule has 2 heterocycles. The van der Waals surface area contributed by atoms with E-state index in [2.05, 4.69) is 10.3 Å². The number of ether oxygens (including phenoxy) is 1. The first-order valence-electron chi connectivity index (χ1n) is 8.21. The maximum Gasteiger partial charge on any atom is 0.330 e. The number of pyridine rings is 1. The summed E-state index contributed by atoms with van der Waals surface area (Å²) in [5.74, 6) is -0.902. The Bertz CT molecular complexity index is 905. The smallest absolute Gasteiger partial charge is 0.330 e. The third kappa shape index (κ3) is 3.72. The molecule has 1 aromatic heterocycles. The second-order valence-electron chi connectivity index (χ2n) is 6.44. The van der Waals surface area contributed by atoms with Crippen LogP contribution in [-0.4, -0.2) is 46.5 Å². The molecule has 7 heteroatoms. The Hall–Kier alpha value is -3.22. The number of aromatic nitrogens is 1. The van der Waals surface area contributed by atoms with E-state index in [-0.39, 0.29) is 19.1 Å². The number of hydrogen-bond acceptors (Lipinski definition) is 5. The van der Waals surface area contributed by atoms with Gasteiger partial charge in [0.15, 0.2) is 0 Å². The molecule has 26 heavy (non-hydrogen) atoms. The van der Waals surface area contributed by atoms with Crippen LogP contribution in [0.3, 0.4) is 0 Å². The van der Waals surface area contributed by atoms with Gasteiger partial charge in [-0.2, -0.15) is 0 Å². The minimum Gasteiger partial charge on any atom is -0.461 e. The summed E-state index contributed by atoms with van der Waals surface area (Å²) in [5, 5.41) is 3.58. The van der Waals surface area contributed by atoms with Crippen LogP contribution in [0, 0.1) is 0 Å². The number of hydrogen-bond donors (Lipinski definition) is 1. The number of esters is 1. The molecule has 7 nitrogen and oxygen atoms in total. The number of amides is 3. The van der Waals surface area contributed by atoms with E-state index in [1.807, 2.05) is 30.3 Å². The van der Waals surface area contributed by atoms with E-state index in [1.54, 1.807) is 26.0 Å². The van der Waals surface area contributed by atoms with E-state index < -0.39 is 17.5 Å². The molecule has 0 bridgehead atoms. The minimum absolute atomic E-state index is 0.0158. The number of carbonyl (C=O) groups is 3. The molecule has 1 fully saturated rings. The van der Waals surface area contributed by atoms with Gasteiger partial charge in [0.2, 0.25) is 0 Å². The van der Waals surface area contributed by atoms with Gasteiger partial charge >= 0.3 is 12.0 Å². The molecule has 3 amide bonds. The maximum atomic E-state index is 12.0. The predicted octanol–water partition coefficient (Wildman–Crippen LogP) is 2.12. The summed E-state index contributed by atoms with van der Waals surface area (Å²) in [5.41, 5.74) is 0.545. The summed E-state index contributed by atoms with van der Waals surface area (Å²) in [4.78, 5) is 41.0. The van der Waals surface area contributed by atoms with Crippen LogP contribution in [0.25, 0.3) is 17.0 Å². The first-order chi connectivity index (χ1) is 12.4. The van der Waals surface area contributed by atoms with Gasteiger partial charge in [0, 0.05) is 11.5 Å². The quantitative estimate of drug-likeness (QED) is 0.505. The van der Waals surface area contributed by atoms with Crippen molar-refractivity contribution in [3.63, 3.8) is 0 Å². The number of nitrogens with zero attached hydrogens (tertiary/aromatic N) is 2. The van der Waals surface area contributed by atoms with Crippen molar-refractivity contribution in [1.82, 2.24) is 15.2 Å². The molecule has 2 aromatic rings. The minimum atomic E-state index is -0.928. The van der Waals surface area contributed by atoms with E-state index in [1.165, 1.54) is 6.08 Å². The van der Waals surface area contributed by atoms with Gasteiger partial charge in [0.05, 0.1) is 17.8 Å². The Morgan fingerprint density at radius 1 is 1.23 bits per heavy atom. The summed E-state index contributed by atoms with van der Waals surface area (Å²) < 4.78 is 5.05. The van der Waals surface area contributed by atoms with Crippen molar-refractivity contribution in [2.24, 2.45) is 0 Å². The van der Waals surface area contributed by atoms with Crippen LogP contribution in [-0.2, 0) is 14.3 Å². The molecule has 1 N–H and O–H groups in total. The standard InChI is InChI=1S/C19H19N3O4/c1-19(2)17(24)22(18(25)21-19)11-12-26-16(23)10-9-14-8-7-13-5-3-4-6-15(13)20-14/h3-10H,11-12H2,1-2H3,(H,21,25)/b10-9+. The van der Waals surface area contributed by atoms with Crippen molar-refractivity contribution in [2.75, 3.05) is 13.2 Å². The number of fused-ring (bicyclic) bond motifs is 1. The van der Waals surface area contributed by atoms with Crippen molar-refractivity contribution < 1.29 is 19.1 Å². The van der Waals surface area contributed by atoms with E-state index >= 15 is 0 Å². The van der Waals surface area contributed by atoms with Gasteiger partial charge in [-0.05, 0) is 32.1 Å². The molecule has 1 saturated heterocycles. The van der Waals surface area contributed by atoms with Crippen LogP contribution in [0.5, 0.6) is 0 Å². The highest BCUT2D eigenvalue weighted by atomic mass is 16.5. The van der Waals surface area contributed by atoms with Crippen molar-refractivity contribution in [3.05, 3.63) is 48.2 Å². The van der Waals surface area contributed by atoms with Crippen molar-refractivity contribution in [2.45, 2.75) is 19.4 Å². The number of rotatable bonds is 5. The molecule has 0 aliphatic carbocycles. The molecular formula is C19H19N3O4. The summed E-state index contributed by atoms with van der Waals surface area (Å²) in [6.07, 6.45) is 2.83. The predicted molar refractivity (Wildman–Crippen MR) is 96.1 cm³/mol. The van der Waals surface area contributed by atoms with E-state index in [0.717, 1.165) is 15.8 Å². The third-order valence-corrected chi connectivity index (χ3v) is 4.01. The molecule has 0 saturated carbocycles. The lowest BCUT2D eigenvalue weighted by Gasteiger charge is -2.15. The van der Waals surface area contributed by atoms with E-state index in [9.17, 15) is 14.4 Å². The summed E-state index contributed by atoms with van der Waals surface area (Å²) in [7, 11) is 0. The lowest BCUT2D eigenvalue weighted by atomic mass is 10.1. The molecular weight excluding hydrogens is 334 g/mol. The van der Waals surface area contributed by atoms with Gasteiger partial charge in [0.25, 0.3) is 5.91 Å². The first-order valence-corrected chi connectivity index (χ1v) is 8.21. The fourth-order valence-corrected chi connectivity index (χ4v) is 2.63. The molecule has 134 valence electrons. The molecule has 0 spiro atoms. The molecule has 1 aromatic carbocycles. The van der Waals surface area contributed by atoms with Crippen molar-refractivity contribution in [3.8, 4) is 0 Å². The first kappa shape index (κ1) is 17.6. The third-order valence-electron chi connectivity index (χ3n) is 4.01. The number of nitrogens with one attached hydrogen (secondary N) is 1. The number of carbonyl (C=O) groups excluding carboxylic acids is 3. The zero-order valence-electron chi connectivity index (χ0n) is 14.6. The largest absolute Gasteiger partial charge is 0.461 e. The zero-order valence-corrected chi connectivity index (χ0v) is 14.6. The second kappa shape index (κ2) is 6.95. The van der Waals surface area contributed by atoms with Crippen LogP contribution in [0.15, 0.2) is 42.5 Å². The summed E-state index contributed by atoms with van der Waals surface area (Å²) in [6.45, 7) is 3.20. The number of imide groups is 1. The Morgan fingerprint density at radius 3 is 2.73 bits per heavy atom. The fourth-order valence-electron chi connectivity index (χ4n) is 2.63. The van der Waals surface area contributed by atoms with Gasteiger partial charge in [-0.15, -0.1) is 0 Å². The van der Waals surface area contributed by atoms with Crippen LogP contribution in [0.1, 0.15) is 19.5 Å². The van der Waals surface area contributed by atoms with Crippen molar-refractivity contribution >= 4 is 34.9 Å². The lowest BCUT2D eigenvalue weighted by molar-refractivity contribution is -0.140. The van der Waals surface area contributed by atoms with Crippen LogP contribution in [0.2, 0.25) is 0 Å². The Balaban J connectivity index is 1.53. The van der Waals surface area contributed by atoms with Gasteiger partial charge in [0.1, 0.15) is 12.1 Å². The van der Waals surface area contributed by atoms with Crippen LogP contribution in [0.4, 0.5) is 4.79 Å². The fraction of sp³-hybridized carbons (Fsp3) is 0.263. The average Bonchev–Trinajstić information content (AvgIpc) is 2.81. The molecule has 0 unspecified atom stereocenters. The highest BCUT2D eigenvalue weighted by Gasteiger charge is 2.43. The summed E-state index contributed by atoms with van der Waals surface area (Å²) >= 11 is 0. The van der Waals surface area contributed by atoms with Gasteiger partial charge < -0.3 is 10.1 Å². The number of para-hydroxylation sites is 1. The van der Waals surface area contributed by atoms with Crippen LogP contribution < -0.4 is 5.32 Å². The Morgan fingerprint density at radius 2 is 2.00 bits per heavy atom. The molecule has 0 radical (unpaired) electrons.